The van der Waals surface area contributed by atoms with Crippen molar-refractivity contribution in [3.63, 3.8) is 0 Å². The Hall–Kier alpha value is -2.34. The standard InChI is InChI=1S/C22H21N5O3S3/c28-33(29,27-10-2-1-3-11-27)15-7-4-6-14(12-15)19-25-26-22(30-19)32-21-18-16-8-5-9-17(16)31-20(18)23-13-24-21/h4,6-7,12-13H,1-3,5,8-11H2. The summed E-state index contributed by atoms with van der Waals surface area (Å²) >= 11 is 3.06. The van der Waals surface area contributed by atoms with Crippen LogP contribution in [0.5, 0.6) is 0 Å². The lowest BCUT2D eigenvalue weighted by Gasteiger charge is -2.25. The number of hydrogen-bond acceptors (Lipinski definition) is 9. The Morgan fingerprint density at radius 1 is 1.03 bits per heavy atom. The molecular formula is C22H21N5O3S3. The second-order valence-corrected chi connectivity index (χ2v) is 12.1. The number of fused-ring (bicyclic) bond motifs is 3. The van der Waals surface area contributed by atoms with Crippen molar-refractivity contribution >= 4 is 43.3 Å². The van der Waals surface area contributed by atoms with Crippen molar-refractivity contribution in [1.82, 2.24) is 24.5 Å². The van der Waals surface area contributed by atoms with E-state index < -0.39 is 10.0 Å². The number of piperidine rings is 1. The minimum Gasteiger partial charge on any atom is -0.411 e. The van der Waals surface area contributed by atoms with Crippen molar-refractivity contribution in [3.8, 4) is 11.5 Å². The maximum atomic E-state index is 13.1. The average molecular weight is 500 g/mol. The van der Waals surface area contributed by atoms with E-state index in [1.807, 2.05) is 0 Å². The van der Waals surface area contributed by atoms with E-state index in [0.29, 0.717) is 23.9 Å². The number of benzene rings is 1. The molecule has 8 nitrogen and oxygen atoms in total. The highest BCUT2D eigenvalue weighted by atomic mass is 32.2. The summed E-state index contributed by atoms with van der Waals surface area (Å²) in [6.45, 7) is 1.13. The van der Waals surface area contributed by atoms with E-state index in [0.717, 1.165) is 53.8 Å². The lowest BCUT2D eigenvalue weighted by atomic mass is 10.2. The van der Waals surface area contributed by atoms with Crippen LogP contribution in [0, 0.1) is 0 Å². The first kappa shape index (κ1) is 21.2. The van der Waals surface area contributed by atoms with Crippen LogP contribution >= 0.6 is 23.1 Å². The molecule has 4 aromatic rings. The number of sulfonamides is 1. The summed E-state index contributed by atoms with van der Waals surface area (Å²) < 4.78 is 33.6. The Balaban J connectivity index is 1.29. The van der Waals surface area contributed by atoms with Gasteiger partial charge in [0.2, 0.25) is 15.9 Å². The van der Waals surface area contributed by atoms with Gasteiger partial charge in [-0.3, -0.25) is 0 Å². The third-order valence-electron chi connectivity index (χ3n) is 6.09. The molecule has 0 radical (unpaired) electrons. The van der Waals surface area contributed by atoms with E-state index in [4.69, 9.17) is 4.42 Å². The summed E-state index contributed by atoms with van der Waals surface area (Å²) in [6.07, 6.45) is 7.74. The van der Waals surface area contributed by atoms with Gasteiger partial charge < -0.3 is 4.42 Å². The Morgan fingerprint density at radius 2 is 1.91 bits per heavy atom. The van der Waals surface area contributed by atoms with Gasteiger partial charge in [0.15, 0.2) is 0 Å². The fourth-order valence-corrected chi connectivity index (χ4v) is 8.12. The molecule has 1 fully saturated rings. The molecule has 1 aliphatic heterocycles. The second-order valence-electron chi connectivity index (χ2n) is 8.18. The fraction of sp³-hybridized carbons (Fsp3) is 0.364. The number of aromatic nitrogens is 4. The van der Waals surface area contributed by atoms with Crippen molar-refractivity contribution < 1.29 is 12.8 Å². The molecule has 33 heavy (non-hydrogen) atoms. The molecule has 0 N–H and O–H groups in total. The van der Waals surface area contributed by atoms with Gasteiger partial charge in [-0.15, -0.1) is 21.5 Å². The molecule has 1 aliphatic carbocycles. The van der Waals surface area contributed by atoms with E-state index in [9.17, 15) is 8.42 Å². The topological polar surface area (TPSA) is 102 Å². The molecule has 0 spiro atoms. The summed E-state index contributed by atoms with van der Waals surface area (Å²) in [5.41, 5.74) is 1.92. The molecule has 4 heterocycles. The summed E-state index contributed by atoms with van der Waals surface area (Å²) in [4.78, 5) is 11.6. The molecule has 0 bridgehead atoms. The van der Waals surface area contributed by atoms with Crippen LogP contribution in [-0.4, -0.2) is 46.0 Å². The predicted octanol–water partition coefficient (Wildman–Crippen LogP) is 4.56. The smallest absolute Gasteiger partial charge is 0.283 e. The Kier molecular flexibility index (Phi) is 5.44. The lowest BCUT2D eigenvalue weighted by molar-refractivity contribution is 0.346. The highest BCUT2D eigenvalue weighted by Crippen LogP contribution is 2.41. The summed E-state index contributed by atoms with van der Waals surface area (Å²) in [5.74, 6) is 0.286. The van der Waals surface area contributed by atoms with Crippen molar-refractivity contribution in [2.75, 3.05) is 13.1 Å². The van der Waals surface area contributed by atoms with Gasteiger partial charge >= 0.3 is 0 Å². The van der Waals surface area contributed by atoms with E-state index in [-0.39, 0.29) is 10.8 Å². The second kappa shape index (κ2) is 8.46. The number of nitrogens with zero attached hydrogens (tertiary/aromatic N) is 5. The minimum absolute atomic E-state index is 0.251. The van der Waals surface area contributed by atoms with E-state index in [1.54, 1.807) is 46.2 Å². The third-order valence-corrected chi connectivity index (χ3v) is 10.0. The predicted molar refractivity (Wildman–Crippen MR) is 126 cm³/mol. The van der Waals surface area contributed by atoms with Crippen LogP contribution < -0.4 is 0 Å². The molecule has 0 atom stereocenters. The van der Waals surface area contributed by atoms with Crippen LogP contribution in [0.1, 0.15) is 36.1 Å². The largest absolute Gasteiger partial charge is 0.411 e. The minimum atomic E-state index is -3.54. The number of rotatable bonds is 5. The van der Waals surface area contributed by atoms with Gasteiger partial charge in [0, 0.05) is 28.9 Å². The van der Waals surface area contributed by atoms with Crippen LogP contribution in [0.2, 0.25) is 0 Å². The molecule has 3 aromatic heterocycles. The molecule has 0 unspecified atom stereocenters. The lowest BCUT2D eigenvalue weighted by Crippen LogP contribution is -2.35. The van der Waals surface area contributed by atoms with E-state index in [1.165, 1.54) is 22.2 Å². The first-order valence-corrected chi connectivity index (χ1v) is 14.0. The van der Waals surface area contributed by atoms with Crippen molar-refractivity contribution in [1.29, 1.82) is 0 Å². The quantitative estimate of drug-likeness (QED) is 0.368. The zero-order valence-corrected chi connectivity index (χ0v) is 20.2. The Bertz CT molecular complexity index is 1440. The van der Waals surface area contributed by atoms with Crippen molar-refractivity contribution in [2.24, 2.45) is 0 Å². The first-order chi connectivity index (χ1) is 16.1. The molecule has 2 aliphatic rings. The van der Waals surface area contributed by atoms with Crippen LogP contribution in [-0.2, 0) is 22.9 Å². The van der Waals surface area contributed by atoms with Gasteiger partial charge in [0.1, 0.15) is 16.2 Å². The van der Waals surface area contributed by atoms with Gasteiger partial charge in [-0.25, -0.2) is 18.4 Å². The van der Waals surface area contributed by atoms with Gasteiger partial charge in [-0.05, 0) is 67.6 Å². The van der Waals surface area contributed by atoms with Crippen molar-refractivity contribution in [3.05, 3.63) is 41.0 Å². The van der Waals surface area contributed by atoms with Crippen LogP contribution in [0.25, 0.3) is 21.7 Å². The molecule has 170 valence electrons. The maximum absolute atomic E-state index is 13.1. The highest BCUT2D eigenvalue weighted by molar-refractivity contribution is 7.99. The normalized spacial score (nSPS) is 17.0. The molecule has 1 aromatic carbocycles. The highest BCUT2D eigenvalue weighted by Gasteiger charge is 2.27. The van der Waals surface area contributed by atoms with E-state index in [2.05, 4.69) is 20.2 Å². The Labute approximate surface area is 199 Å². The van der Waals surface area contributed by atoms with Gasteiger partial charge in [-0.1, -0.05) is 12.5 Å². The molecule has 0 amide bonds. The maximum Gasteiger partial charge on any atom is 0.283 e. The van der Waals surface area contributed by atoms with Gasteiger partial charge in [-0.2, -0.15) is 4.31 Å². The van der Waals surface area contributed by atoms with Crippen molar-refractivity contribution in [2.45, 2.75) is 53.7 Å². The van der Waals surface area contributed by atoms with Gasteiger partial charge in [0.25, 0.3) is 5.22 Å². The summed E-state index contributed by atoms with van der Waals surface area (Å²) in [7, 11) is -3.54. The van der Waals surface area contributed by atoms with Crippen LogP contribution in [0.3, 0.4) is 0 Å². The van der Waals surface area contributed by atoms with Crippen LogP contribution in [0.4, 0.5) is 0 Å². The number of aryl methyl sites for hydroxylation is 2. The number of thiophene rings is 1. The summed E-state index contributed by atoms with van der Waals surface area (Å²) in [6, 6.07) is 6.73. The Morgan fingerprint density at radius 3 is 2.79 bits per heavy atom. The van der Waals surface area contributed by atoms with Crippen LogP contribution in [0.15, 0.2) is 50.2 Å². The van der Waals surface area contributed by atoms with E-state index >= 15 is 0 Å². The molecule has 1 saturated heterocycles. The first-order valence-electron chi connectivity index (χ1n) is 11.0. The zero-order valence-electron chi connectivity index (χ0n) is 17.7. The molecule has 6 rings (SSSR count). The molecular weight excluding hydrogens is 478 g/mol. The zero-order chi connectivity index (χ0) is 22.4. The van der Waals surface area contributed by atoms with Gasteiger partial charge in [0.05, 0.1) is 4.90 Å². The molecule has 11 heteroatoms. The molecule has 0 saturated carbocycles. The fourth-order valence-electron chi connectivity index (χ4n) is 4.47. The third kappa shape index (κ3) is 3.86. The summed E-state index contributed by atoms with van der Waals surface area (Å²) in [5, 5.41) is 10.6. The SMILES string of the molecule is O=S(=O)(c1cccc(-c2nnc(Sc3ncnc4sc5c(c34)CCC5)o2)c1)N1CCCCC1. The average Bonchev–Trinajstić information content (AvgIpc) is 3.56. The monoisotopic (exact) mass is 499 g/mol. The number of hydrogen-bond donors (Lipinski definition) is 0.